The molecule has 1 unspecified atom stereocenters. The van der Waals surface area contributed by atoms with Crippen molar-refractivity contribution in [2.75, 3.05) is 6.54 Å². The van der Waals surface area contributed by atoms with Gasteiger partial charge in [0.25, 0.3) is 0 Å². The average molecular weight is 418 g/mol. The summed E-state index contributed by atoms with van der Waals surface area (Å²) in [5.74, 6) is -0.0688. The highest BCUT2D eigenvalue weighted by atomic mass is 35.5. The van der Waals surface area contributed by atoms with Crippen LogP contribution in [0.5, 0.6) is 0 Å². The van der Waals surface area contributed by atoms with Crippen molar-refractivity contribution in [1.29, 1.82) is 0 Å². The molecule has 4 rings (SSSR count). The van der Waals surface area contributed by atoms with Crippen LogP contribution in [0.3, 0.4) is 0 Å². The molecular weight excluding hydrogens is 398 g/mol. The van der Waals surface area contributed by atoms with Crippen LogP contribution in [0.4, 0.5) is 0 Å². The van der Waals surface area contributed by atoms with Crippen LogP contribution in [0.2, 0.25) is 5.02 Å². The van der Waals surface area contributed by atoms with E-state index in [1.807, 2.05) is 24.0 Å². The van der Waals surface area contributed by atoms with Gasteiger partial charge in [-0.25, -0.2) is 9.19 Å². The fraction of sp³-hybridized carbons (Fsp3) is 0.300. The van der Waals surface area contributed by atoms with E-state index >= 15 is 0 Å². The Hall–Kier alpha value is -2.22. The monoisotopic (exact) mass is 417 g/mol. The molecule has 1 amide bonds. The summed E-state index contributed by atoms with van der Waals surface area (Å²) in [6.07, 6.45) is 4.19. The molecule has 0 radical (unpaired) electrons. The van der Waals surface area contributed by atoms with Crippen LogP contribution in [-0.4, -0.2) is 35.7 Å². The summed E-state index contributed by atoms with van der Waals surface area (Å²) < 4.78 is 21.9. The summed E-state index contributed by atoms with van der Waals surface area (Å²) in [6, 6.07) is 10.0. The first-order chi connectivity index (χ1) is 13.5. The van der Waals surface area contributed by atoms with Crippen molar-refractivity contribution in [2.24, 2.45) is 0 Å². The van der Waals surface area contributed by atoms with Gasteiger partial charge in [-0.3, -0.25) is 4.79 Å². The Bertz CT molecular complexity index is 1080. The first-order valence-electron chi connectivity index (χ1n) is 9.02. The smallest absolute Gasteiger partial charge is 0.227 e. The number of aromatic nitrogens is 2. The van der Waals surface area contributed by atoms with Gasteiger partial charge in [0.15, 0.2) is 11.1 Å². The number of hydrogen-bond acceptors (Lipinski definition) is 3. The molecule has 1 aliphatic rings. The second kappa shape index (κ2) is 7.66. The largest absolute Gasteiger partial charge is 0.335 e. The van der Waals surface area contributed by atoms with Crippen LogP contribution in [0.1, 0.15) is 29.7 Å². The first kappa shape index (κ1) is 19.1. The molecule has 0 saturated carbocycles. The molecule has 0 aliphatic carbocycles. The highest BCUT2D eigenvalue weighted by Crippen LogP contribution is 2.31. The second-order valence-corrected chi connectivity index (χ2v) is 8.26. The molecule has 28 heavy (non-hydrogen) atoms. The van der Waals surface area contributed by atoms with Gasteiger partial charge in [-0.15, -0.1) is 0 Å². The van der Waals surface area contributed by atoms with Crippen molar-refractivity contribution in [3.05, 3.63) is 64.4 Å². The number of halogens is 1. The maximum absolute atomic E-state index is 13.1. The van der Waals surface area contributed by atoms with E-state index < -0.39 is 11.1 Å². The van der Waals surface area contributed by atoms with Gasteiger partial charge < -0.3 is 14.0 Å². The Kier molecular flexibility index (Phi) is 5.23. The van der Waals surface area contributed by atoms with Crippen molar-refractivity contribution < 1.29 is 13.6 Å². The molecule has 146 valence electrons. The lowest BCUT2D eigenvalue weighted by atomic mass is 9.93. The van der Waals surface area contributed by atoms with E-state index in [1.54, 1.807) is 16.8 Å². The summed E-state index contributed by atoms with van der Waals surface area (Å²) in [7, 11) is 0. The van der Waals surface area contributed by atoms with Crippen LogP contribution in [-0.2, 0) is 34.6 Å². The summed E-state index contributed by atoms with van der Waals surface area (Å²) in [5, 5.41) is 1.16. The normalized spacial score (nSPS) is 17.5. The standard InChI is InChI=1S/C20H20ClN3O3S/c1-13-15-5-3-2-4-14(15)6-9-24(13)19(25)10-17-16-7-8-23(12-28(26)27)20(16)22-11-18(17)21/h2-5,7-8,11,13H,6,9-10,12H2,1H3,(H,26,27)/t13-/m0/s1. The zero-order valence-corrected chi connectivity index (χ0v) is 16.9. The molecule has 3 heterocycles. The van der Waals surface area contributed by atoms with E-state index in [4.69, 9.17) is 16.2 Å². The first-order valence-corrected chi connectivity index (χ1v) is 10.7. The molecule has 8 heteroatoms. The predicted octanol–water partition coefficient (Wildman–Crippen LogP) is 3.56. The van der Waals surface area contributed by atoms with E-state index in [2.05, 4.69) is 17.1 Å². The molecule has 0 spiro atoms. The molecule has 3 aromatic rings. The Balaban J connectivity index is 1.63. The van der Waals surface area contributed by atoms with Crippen LogP contribution in [0.25, 0.3) is 11.0 Å². The number of carbonyl (C=O) groups excluding carboxylic acids is 1. The third-order valence-electron chi connectivity index (χ3n) is 5.34. The lowest BCUT2D eigenvalue weighted by Crippen LogP contribution is -2.39. The van der Waals surface area contributed by atoms with Gasteiger partial charge in [-0.2, -0.15) is 0 Å². The van der Waals surface area contributed by atoms with Gasteiger partial charge in [-0.05, 0) is 36.1 Å². The molecular formula is C20H20ClN3O3S. The fourth-order valence-electron chi connectivity index (χ4n) is 3.94. The highest BCUT2D eigenvalue weighted by Gasteiger charge is 2.28. The number of amides is 1. The SMILES string of the molecule is C[C@H]1c2ccccc2CCN1C(=O)Cc1c(Cl)cnc2c1ccn2CS(=O)O. The maximum atomic E-state index is 13.1. The van der Waals surface area contributed by atoms with Gasteiger partial charge in [0.2, 0.25) is 5.91 Å². The van der Waals surface area contributed by atoms with Crippen molar-refractivity contribution in [2.45, 2.75) is 31.7 Å². The van der Waals surface area contributed by atoms with Crippen LogP contribution >= 0.6 is 11.6 Å². The fourth-order valence-corrected chi connectivity index (χ4v) is 4.60. The lowest BCUT2D eigenvalue weighted by Gasteiger charge is -2.35. The van der Waals surface area contributed by atoms with E-state index in [9.17, 15) is 9.00 Å². The Morgan fingerprint density at radius 1 is 1.36 bits per heavy atom. The molecule has 0 fully saturated rings. The average Bonchev–Trinajstić information content (AvgIpc) is 3.06. The Labute approximate surface area is 170 Å². The van der Waals surface area contributed by atoms with Crippen molar-refractivity contribution >= 4 is 39.6 Å². The molecule has 6 nitrogen and oxygen atoms in total. The van der Waals surface area contributed by atoms with Gasteiger partial charge in [0, 0.05) is 24.3 Å². The summed E-state index contributed by atoms with van der Waals surface area (Å²) in [6.45, 7) is 2.72. The van der Waals surface area contributed by atoms with Crippen LogP contribution in [0, 0.1) is 0 Å². The molecule has 2 atom stereocenters. The Morgan fingerprint density at radius 2 is 2.14 bits per heavy atom. The summed E-state index contributed by atoms with van der Waals surface area (Å²) in [4.78, 5) is 19.3. The molecule has 1 aliphatic heterocycles. The van der Waals surface area contributed by atoms with Gasteiger partial charge >= 0.3 is 0 Å². The molecule has 1 N–H and O–H groups in total. The van der Waals surface area contributed by atoms with Crippen molar-refractivity contribution in [1.82, 2.24) is 14.5 Å². The van der Waals surface area contributed by atoms with Gasteiger partial charge in [0.05, 0.1) is 17.5 Å². The van der Waals surface area contributed by atoms with Gasteiger partial charge in [0.1, 0.15) is 11.5 Å². The van der Waals surface area contributed by atoms with Gasteiger partial charge in [-0.1, -0.05) is 35.9 Å². The van der Waals surface area contributed by atoms with E-state index in [0.717, 1.165) is 11.8 Å². The predicted molar refractivity (Wildman–Crippen MR) is 109 cm³/mol. The minimum Gasteiger partial charge on any atom is -0.335 e. The number of rotatable bonds is 4. The Morgan fingerprint density at radius 3 is 2.93 bits per heavy atom. The second-order valence-electron chi connectivity index (χ2n) is 6.95. The number of pyridine rings is 1. The zero-order valence-electron chi connectivity index (χ0n) is 15.3. The molecule has 2 aromatic heterocycles. The highest BCUT2D eigenvalue weighted by molar-refractivity contribution is 7.78. The molecule has 0 saturated heterocycles. The quantitative estimate of drug-likeness (QED) is 0.658. The third-order valence-corrected chi connectivity index (χ3v) is 6.17. The molecule has 0 bridgehead atoms. The summed E-state index contributed by atoms with van der Waals surface area (Å²) >= 11 is 4.38. The van der Waals surface area contributed by atoms with E-state index in [-0.39, 0.29) is 24.2 Å². The minimum absolute atomic E-state index is 0.00916. The van der Waals surface area contributed by atoms with Crippen LogP contribution in [0.15, 0.2) is 42.7 Å². The van der Waals surface area contributed by atoms with Crippen molar-refractivity contribution in [3.8, 4) is 0 Å². The van der Waals surface area contributed by atoms with E-state index in [1.165, 1.54) is 17.3 Å². The number of nitrogens with zero attached hydrogens (tertiary/aromatic N) is 3. The number of fused-ring (bicyclic) bond motifs is 2. The number of carbonyl (C=O) groups is 1. The topological polar surface area (TPSA) is 75.4 Å². The molecule has 1 aromatic carbocycles. The van der Waals surface area contributed by atoms with E-state index in [0.29, 0.717) is 22.8 Å². The maximum Gasteiger partial charge on any atom is 0.227 e. The summed E-state index contributed by atoms with van der Waals surface area (Å²) in [5.41, 5.74) is 3.72. The zero-order chi connectivity index (χ0) is 19.8. The minimum atomic E-state index is -1.99. The third kappa shape index (κ3) is 3.45. The van der Waals surface area contributed by atoms with Crippen molar-refractivity contribution in [3.63, 3.8) is 0 Å². The number of benzene rings is 1. The number of hydrogen-bond donors (Lipinski definition) is 1. The van der Waals surface area contributed by atoms with Crippen LogP contribution < -0.4 is 0 Å². The lowest BCUT2D eigenvalue weighted by molar-refractivity contribution is -0.133.